The Hall–Kier alpha value is -0.870. The number of pyridine rings is 1. The van der Waals surface area contributed by atoms with Crippen molar-refractivity contribution in [3.63, 3.8) is 0 Å². The number of rotatable bonds is 1. The van der Waals surface area contributed by atoms with Gasteiger partial charge in [-0.25, -0.2) is 9.67 Å². The second-order valence-corrected chi connectivity index (χ2v) is 3.74. The van der Waals surface area contributed by atoms with E-state index in [-0.39, 0.29) is 0 Å². The van der Waals surface area contributed by atoms with Crippen molar-refractivity contribution in [2.45, 2.75) is 0 Å². The van der Waals surface area contributed by atoms with Gasteiger partial charge in [0, 0.05) is 18.5 Å². The molecule has 0 unspecified atom stereocenters. The van der Waals surface area contributed by atoms with Crippen LogP contribution in [0.4, 0.5) is 0 Å². The van der Waals surface area contributed by atoms with Gasteiger partial charge >= 0.3 is 0 Å². The van der Waals surface area contributed by atoms with Crippen LogP contribution in [0.5, 0.6) is 0 Å². The van der Waals surface area contributed by atoms with E-state index in [1.807, 2.05) is 12.3 Å². The van der Waals surface area contributed by atoms with E-state index in [9.17, 15) is 0 Å². The largest absolute Gasteiger partial charge is 0.244 e. The molecule has 2 aromatic rings. The highest BCUT2D eigenvalue weighted by atomic mass is 79.9. The molecule has 0 bridgehead atoms. The van der Waals surface area contributed by atoms with Crippen molar-refractivity contribution in [1.82, 2.24) is 14.8 Å². The van der Waals surface area contributed by atoms with E-state index in [0.29, 0.717) is 5.15 Å². The summed E-state index contributed by atoms with van der Waals surface area (Å²) in [5.74, 6) is 0. The normalized spacial score (nSPS) is 10.3. The van der Waals surface area contributed by atoms with E-state index < -0.39 is 0 Å². The molecular weight excluding hydrogens is 253 g/mol. The second kappa shape index (κ2) is 3.47. The van der Waals surface area contributed by atoms with Crippen LogP contribution in [0.15, 0.2) is 35.2 Å². The third kappa shape index (κ3) is 1.89. The topological polar surface area (TPSA) is 30.7 Å². The Morgan fingerprint density at radius 1 is 1.46 bits per heavy atom. The first-order chi connectivity index (χ1) is 6.25. The predicted octanol–water partition coefficient (Wildman–Crippen LogP) is 2.68. The highest BCUT2D eigenvalue weighted by Crippen LogP contribution is 2.14. The molecule has 0 atom stereocenters. The van der Waals surface area contributed by atoms with Crippen molar-refractivity contribution in [2.75, 3.05) is 0 Å². The van der Waals surface area contributed by atoms with E-state index in [4.69, 9.17) is 11.6 Å². The number of hydrogen-bond acceptors (Lipinski definition) is 2. The van der Waals surface area contributed by atoms with E-state index in [1.54, 1.807) is 23.1 Å². The van der Waals surface area contributed by atoms with Crippen LogP contribution in [0.1, 0.15) is 0 Å². The van der Waals surface area contributed by atoms with Crippen LogP contribution in [0, 0.1) is 0 Å². The van der Waals surface area contributed by atoms with Crippen LogP contribution in [0.25, 0.3) is 5.69 Å². The van der Waals surface area contributed by atoms with Gasteiger partial charge in [0.1, 0.15) is 5.15 Å². The first kappa shape index (κ1) is 8.72. The van der Waals surface area contributed by atoms with Crippen molar-refractivity contribution >= 4 is 27.5 Å². The van der Waals surface area contributed by atoms with Gasteiger partial charge in [0.2, 0.25) is 0 Å². The number of aromatic nitrogens is 3. The van der Waals surface area contributed by atoms with Gasteiger partial charge in [0.05, 0.1) is 16.4 Å². The lowest BCUT2D eigenvalue weighted by Gasteiger charge is -1.99. The second-order valence-electron chi connectivity index (χ2n) is 2.44. The smallest absolute Gasteiger partial charge is 0.131 e. The van der Waals surface area contributed by atoms with Crippen LogP contribution in [-0.2, 0) is 0 Å². The van der Waals surface area contributed by atoms with Crippen LogP contribution < -0.4 is 0 Å². The molecule has 2 aromatic heterocycles. The molecule has 0 spiro atoms. The molecular formula is C8H5BrClN3. The van der Waals surface area contributed by atoms with Crippen molar-refractivity contribution in [2.24, 2.45) is 0 Å². The molecule has 0 fully saturated rings. The summed E-state index contributed by atoms with van der Waals surface area (Å²) < 4.78 is 2.65. The Bertz CT molecular complexity index is 427. The first-order valence-corrected chi connectivity index (χ1v) is 4.75. The van der Waals surface area contributed by atoms with Gasteiger partial charge in [-0.3, -0.25) is 0 Å². The molecule has 0 aromatic carbocycles. The van der Waals surface area contributed by atoms with Gasteiger partial charge in [0.25, 0.3) is 0 Å². The number of halogens is 2. The fourth-order valence-electron chi connectivity index (χ4n) is 0.977. The number of hydrogen-bond donors (Lipinski definition) is 0. The minimum absolute atomic E-state index is 0.462. The fraction of sp³-hybridized carbons (Fsp3) is 0. The molecule has 0 radical (unpaired) electrons. The van der Waals surface area contributed by atoms with Gasteiger partial charge in [-0.2, -0.15) is 5.10 Å². The Morgan fingerprint density at radius 3 is 2.92 bits per heavy atom. The van der Waals surface area contributed by atoms with Crippen molar-refractivity contribution in [3.8, 4) is 5.69 Å². The standard InChI is InChI=1S/C8H5BrClN3/c9-6-4-12-13(5-6)7-1-2-11-8(10)3-7/h1-5H. The minimum atomic E-state index is 0.462. The molecule has 66 valence electrons. The Balaban J connectivity index is 2.46. The zero-order valence-electron chi connectivity index (χ0n) is 6.48. The minimum Gasteiger partial charge on any atom is -0.244 e. The summed E-state index contributed by atoms with van der Waals surface area (Å²) in [5.41, 5.74) is 0.894. The summed E-state index contributed by atoms with van der Waals surface area (Å²) in [6.45, 7) is 0. The maximum absolute atomic E-state index is 5.74. The first-order valence-electron chi connectivity index (χ1n) is 3.58. The summed E-state index contributed by atoms with van der Waals surface area (Å²) in [4.78, 5) is 3.88. The van der Waals surface area contributed by atoms with Gasteiger partial charge in [-0.15, -0.1) is 0 Å². The lowest BCUT2D eigenvalue weighted by molar-refractivity contribution is 0.877. The molecule has 0 aliphatic carbocycles. The third-order valence-electron chi connectivity index (χ3n) is 1.53. The molecule has 3 nitrogen and oxygen atoms in total. The molecule has 0 saturated carbocycles. The molecule has 0 N–H and O–H groups in total. The highest BCUT2D eigenvalue weighted by Gasteiger charge is 1.99. The molecule has 0 amide bonds. The van der Waals surface area contributed by atoms with Crippen LogP contribution >= 0.6 is 27.5 Å². The van der Waals surface area contributed by atoms with Gasteiger partial charge in [-0.05, 0) is 22.0 Å². The molecule has 0 aliphatic heterocycles. The van der Waals surface area contributed by atoms with Crippen LogP contribution in [-0.4, -0.2) is 14.8 Å². The zero-order chi connectivity index (χ0) is 9.26. The highest BCUT2D eigenvalue weighted by molar-refractivity contribution is 9.10. The third-order valence-corrected chi connectivity index (χ3v) is 2.14. The van der Waals surface area contributed by atoms with Gasteiger partial charge in [0.15, 0.2) is 0 Å². The monoisotopic (exact) mass is 257 g/mol. The Morgan fingerprint density at radius 2 is 2.31 bits per heavy atom. The summed E-state index contributed by atoms with van der Waals surface area (Å²) in [7, 11) is 0. The lowest BCUT2D eigenvalue weighted by Crippen LogP contribution is -1.93. The molecule has 0 saturated heterocycles. The Labute approximate surface area is 88.5 Å². The molecule has 0 aliphatic rings. The van der Waals surface area contributed by atoms with Gasteiger partial charge < -0.3 is 0 Å². The predicted molar refractivity (Wildman–Crippen MR) is 54.1 cm³/mol. The quantitative estimate of drug-likeness (QED) is 0.736. The van der Waals surface area contributed by atoms with Crippen molar-refractivity contribution < 1.29 is 0 Å². The summed E-state index contributed by atoms with van der Waals surface area (Å²) in [6.07, 6.45) is 5.22. The molecule has 5 heteroatoms. The van der Waals surface area contributed by atoms with E-state index in [2.05, 4.69) is 26.0 Å². The summed E-state index contributed by atoms with van der Waals surface area (Å²) >= 11 is 9.05. The number of nitrogens with zero attached hydrogens (tertiary/aromatic N) is 3. The lowest BCUT2D eigenvalue weighted by atomic mass is 10.4. The fourth-order valence-corrected chi connectivity index (χ4v) is 1.43. The maximum Gasteiger partial charge on any atom is 0.131 e. The van der Waals surface area contributed by atoms with Crippen molar-refractivity contribution in [1.29, 1.82) is 0 Å². The molecule has 2 rings (SSSR count). The van der Waals surface area contributed by atoms with Crippen LogP contribution in [0.3, 0.4) is 0 Å². The summed E-state index contributed by atoms with van der Waals surface area (Å²) in [6, 6.07) is 3.59. The molecule has 2 heterocycles. The maximum atomic E-state index is 5.74. The average Bonchev–Trinajstić information content (AvgIpc) is 2.52. The van der Waals surface area contributed by atoms with E-state index in [1.165, 1.54) is 0 Å². The Kier molecular flexibility index (Phi) is 2.33. The van der Waals surface area contributed by atoms with Crippen molar-refractivity contribution in [3.05, 3.63) is 40.3 Å². The zero-order valence-corrected chi connectivity index (χ0v) is 8.83. The molecule has 13 heavy (non-hydrogen) atoms. The van der Waals surface area contributed by atoms with E-state index >= 15 is 0 Å². The van der Waals surface area contributed by atoms with Crippen LogP contribution in [0.2, 0.25) is 5.15 Å². The average molecular weight is 259 g/mol. The van der Waals surface area contributed by atoms with Gasteiger partial charge in [-0.1, -0.05) is 11.6 Å². The summed E-state index contributed by atoms with van der Waals surface area (Å²) in [5, 5.41) is 4.57. The SMILES string of the molecule is Clc1cc(-n2cc(Br)cn2)ccn1. The van der Waals surface area contributed by atoms with E-state index in [0.717, 1.165) is 10.2 Å².